The van der Waals surface area contributed by atoms with Crippen molar-refractivity contribution in [1.82, 2.24) is 5.32 Å². The van der Waals surface area contributed by atoms with Crippen molar-refractivity contribution < 1.29 is 9.59 Å². The van der Waals surface area contributed by atoms with Gasteiger partial charge in [-0.15, -0.1) is 11.6 Å². The summed E-state index contributed by atoms with van der Waals surface area (Å²) in [6, 6.07) is 2.06. The summed E-state index contributed by atoms with van der Waals surface area (Å²) in [5.74, 6) is -0.356. The zero-order valence-corrected chi connectivity index (χ0v) is 11.9. The number of amides is 3. The molecule has 0 saturated heterocycles. The van der Waals surface area contributed by atoms with E-state index in [0.29, 0.717) is 0 Å². The topological polar surface area (TPSA) is 58.2 Å². The second kappa shape index (κ2) is 7.04. The van der Waals surface area contributed by atoms with Crippen LogP contribution in [-0.2, 0) is 4.79 Å². The zero-order valence-electron chi connectivity index (χ0n) is 8.90. The highest BCUT2D eigenvalue weighted by Crippen LogP contribution is 2.32. The Morgan fingerprint density at radius 3 is 2.28 bits per heavy atom. The molecule has 0 aromatic heterocycles. The maximum atomic E-state index is 11.4. The summed E-state index contributed by atoms with van der Waals surface area (Å²) in [4.78, 5) is 22.5. The van der Waals surface area contributed by atoms with Crippen molar-refractivity contribution in [1.29, 1.82) is 0 Å². The van der Waals surface area contributed by atoms with E-state index < -0.39 is 11.9 Å². The number of alkyl halides is 1. The van der Waals surface area contributed by atoms with Gasteiger partial charge >= 0.3 is 6.03 Å². The number of carbonyl (C=O) groups excluding carboxylic acids is 2. The molecular weight excluding hydrogens is 322 g/mol. The van der Waals surface area contributed by atoms with Crippen molar-refractivity contribution in [2.75, 3.05) is 11.2 Å². The van der Waals surface area contributed by atoms with Crippen molar-refractivity contribution in [2.24, 2.45) is 0 Å². The standard InChI is InChI=1S/C10H8Cl4N2O2/c11-2-1-9(17)16-10(18)15-8-4-6(13)5(12)3-7(8)14/h3-4H,1-2H2,(H2,15,16,17,18). The fourth-order valence-electron chi connectivity index (χ4n) is 1.05. The van der Waals surface area contributed by atoms with E-state index in [2.05, 4.69) is 10.6 Å². The minimum absolute atomic E-state index is 0.0457. The number of nitrogens with one attached hydrogen (secondary N) is 2. The molecule has 18 heavy (non-hydrogen) atoms. The fraction of sp³-hybridized carbons (Fsp3) is 0.200. The summed E-state index contributed by atoms with van der Waals surface area (Å²) in [7, 11) is 0. The lowest BCUT2D eigenvalue weighted by atomic mass is 10.3. The van der Waals surface area contributed by atoms with Gasteiger partial charge in [0.25, 0.3) is 0 Å². The van der Waals surface area contributed by atoms with Gasteiger partial charge in [0.1, 0.15) is 0 Å². The van der Waals surface area contributed by atoms with Gasteiger partial charge in [0, 0.05) is 12.3 Å². The Morgan fingerprint density at radius 2 is 1.67 bits per heavy atom. The largest absolute Gasteiger partial charge is 0.325 e. The lowest BCUT2D eigenvalue weighted by Gasteiger charge is -2.09. The van der Waals surface area contributed by atoms with Crippen LogP contribution in [0, 0.1) is 0 Å². The summed E-state index contributed by atoms with van der Waals surface area (Å²) in [6.45, 7) is 0. The molecule has 2 N–H and O–H groups in total. The van der Waals surface area contributed by atoms with E-state index in [1.807, 2.05) is 0 Å². The number of anilines is 1. The highest BCUT2D eigenvalue weighted by Gasteiger charge is 2.11. The predicted octanol–water partition coefficient (Wildman–Crippen LogP) is 3.92. The number of carbonyl (C=O) groups is 2. The second-order valence-corrected chi connectivity index (χ2v) is 4.79. The molecule has 8 heteroatoms. The first-order valence-electron chi connectivity index (χ1n) is 4.75. The Hall–Kier alpha value is -0.680. The molecule has 0 atom stereocenters. The molecule has 0 aliphatic carbocycles. The Labute approximate surface area is 124 Å². The number of benzene rings is 1. The third kappa shape index (κ3) is 4.53. The molecule has 0 saturated carbocycles. The smallest absolute Gasteiger partial charge is 0.306 e. The van der Waals surface area contributed by atoms with Crippen LogP contribution < -0.4 is 10.6 Å². The first kappa shape index (κ1) is 15.4. The Bertz CT molecular complexity index is 479. The van der Waals surface area contributed by atoms with Crippen LogP contribution >= 0.6 is 46.4 Å². The first-order valence-corrected chi connectivity index (χ1v) is 6.42. The number of imide groups is 1. The number of halogens is 4. The molecule has 0 unspecified atom stereocenters. The predicted molar refractivity (Wildman–Crippen MR) is 74.0 cm³/mol. The van der Waals surface area contributed by atoms with Gasteiger partial charge in [-0.2, -0.15) is 0 Å². The SMILES string of the molecule is O=C(CCCl)NC(=O)Nc1cc(Cl)c(Cl)cc1Cl. The summed E-state index contributed by atoms with van der Waals surface area (Å²) >= 11 is 22.7. The van der Waals surface area contributed by atoms with Crippen molar-refractivity contribution in [2.45, 2.75) is 6.42 Å². The maximum absolute atomic E-state index is 11.4. The number of hydrogen-bond acceptors (Lipinski definition) is 2. The van der Waals surface area contributed by atoms with Crippen molar-refractivity contribution in [3.05, 3.63) is 27.2 Å². The van der Waals surface area contributed by atoms with Gasteiger partial charge in [0.05, 0.1) is 20.8 Å². The highest BCUT2D eigenvalue weighted by atomic mass is 35.5. The molecule has 98 valence electrons. The monoisotopic (exact) mass is 328 g/mol. The molecule has 4 nitrogen and oxygen atoms in total. The van der Waals surface area contributed by atoms with Crippen LogP contribution in [0.1, 0.15) is 6.42 Å². The third-order valence-electron chi connectivity index (χ3n) is 1.83. The molecule has 0 aliphatic rings. The molecular formula is C10H8Cl4N2O2. The zero-order chi connectivity index (χ0) is 13.7. The highest BCUT2D eigenvalue weighted by molar-refractivity contribution is 6.44. The van der Waals surface area contributed by atoms with E-state index in [0.717, 1.165) is 0 Å². The summed E-state index contributed by atoms with van der Waals surface area (Å²) in [6.07, 6.45) is 0.0457. The molecule has 0 aliphatic heterocycles. The molecule has 0 fully saturated rings. The molecule has 0 bridgehead atoms. The average molecular weight is 330 g/mol. The average Bonchev–Trinajstić information content (AvgIpc) is 2.26. The van der Waals surface area contributed by atoms with E-state index in [-0.39, 0.29) is 33.1 Å². The van der Waals surface area contributed by atoms with Gasteiger partial charge in [-0.05, 0) is 12.1 Å². The molecule has 0 heterocycles. The number of urea groups is 1. The summed E-state index contributed by atoms with van der Waals surface area (Å²) < 4.78 is 0. The Balaban J connectivity index is 2.70. The van der Waals surface area contributed by atoms with E-state index >= 15 is 0 Å². The second-order valence-electron chi connectivity index (χ2n) is 3.19. The molecule has 1 aromatic rings. The number of hydrogen-bond donors (Lipinski definition) is 2. The first-order chi connectivity index (χ1) is 8.43. The van der Waals surface area contributed by atoms with Gasteiger partial charge in [0.2, 0.25) is 5.91 Å². The van der Waals surface area contributed by atoms with Crippen molar-refractivity contribution in [3.63, 3.8) is 0 Å². The summed E-state index contributed by atoms with van der Waals surface area (Å²) in [5, 5.41) is 5.18. The van der Waals surface area contributed by atoms with Gasteiger partial charge in [-0.3, -0.25) is 10.1 Å². The minimum Gasteiger partial charge on any atom is -0.306 e. The molecule has 1 aromatic carbocycles. The fourth-order valence-corrected chi connectivity index (χ4v) is 1.81. The van der Waals surface area contributed by atoms with Crippen LogP contribution in [0.3, 0.4) is 0 Å². The van der Waals surface area contributed by atoms with E-state index in [4.69, 9.17) is 46.4 Å². The normalized spacial score (nSPS) is 10.0. The van der Waals surface area contributed by atoms with Crippen LogP contribution in [0.4, 0.5) is 10.5 Å². The van der Waals surface area contributed by atoms with Gasteiger partial charge in [-0.1, -0.05) is 34.8 Å². The van der Waals surface area contributed by atoms with Gasteiger partial charge in [-0.25, -0.2) is 4.79 Å². The minimum atomic E-state index is -0.717. The van der Waals surface area contributed by atoms with Crippen molar-refractivity contribution >= 4 is 64.0 Å². The number of rotatable bonds is 3. The van der Waals surface area contributed by atoms with E-state index in [1.54, 1.807) is 0 Å². The van der Waals surface area contributed by atoms with Crippen LogP contribution in [0.25, 0.3) is 0 Å². The Morgan fingerprint density at radius 1 is 1.06 bits per heavy atom. The molecule has 3 amide bonds. The molecule has 0 spiro atoms. The van der Waals surface area contributed by atoms with Crippen LogP contribution in [0.5, 0.6) is 0 Å². The van der Waals surface area contributed by atoms with Crippen LogP contribution in [-0.4, -0.2) is 17.8 Å². The van der Waals surface area contributed by atoms with Gasteiger partial charge < -0.3 is 5.32 Å². The van der Waals surface area contributed by atoms with Crippen LogP contribution in [0.15, 0.2) is 12.1 Å². The maximum Gasteiger partial charge on any atom is 0.325 e. The van der Waals surface area contributed by atoms with Gasteiger partial charge in [0.15, 0.2) is 0 Å². The molecule has 1 rings (SSSR count). The lowest BCUT2D eigenvalue weighted by Crippen LogP contribution is -2.34. The third-order valence-corrected chi connectivity index (χ3v) is 3.06. The van der Waals surface area contributed by atoms with E-state index in [1.165, 1.54) is 12.1 Å². The van der Waals surface area contributed by atoms with Crippen LogP contribution in [0.2, 0.25) is 15.1 Å². The summed E-state index contributed by atoms with van der Waals surface area (Å²) in [5.41, 5.74) is 0.252. The lowest BCUT2D eigenvalue weighted by molar-refractivity contribution is -0.119. The quantitative estimate of drug-likeness (QED) is 0.652. The molecule has 0 radical (unpaired) electrons. The van der Waals surface area contributed by atoms with Crippen molar-refractivity contribution in [3.8, 4) is 0 Å². The Kier molecular flexibility index (Phi) is 6.02. The van der Waals surface area contributed by atoms with E-state index in [9.17, 15) is 9.59 Å².